The van der Waals surface area contributed by atoms with E-state index in [1.165, 1.54) is 6.07 Å². The Bertz CT molecular complexity index is 414. The molecular formula is C14H20FNO2. The summed E-state index contributed by atoms with van der Waals surface area (Å²) >= 11 is 0. The molecule has 100 valence electrons. The van der Waals surface area contributed by atoms with Gasteiger partial charge in [-0.25, -0.2) is 4.39 Å². The van der Waals surface area contributed by atoms with E-state index in [0.717, 1.165) is 19.4 Å². The molecule has 0 spiro atoms. The van der Waals surface area contributed by atoms with Crippen LogP contribution in [0, 0.1) is 5.82 Å². The highest BCUT2D eigenvalue weighted by Crippen LogP contribution is 2.31. The summed E-state index contributed by atoms with van der Waals surface area (Å²) < 4.78 is 19.0. The van der Waals surface area contributed by atoms with Crippen LogP contribution in [-0.2, 0) is 5.60 Å². The lowest BCUT2D eigenvalue weighted by atomic mass is 9.87. The second kappa shape index (κ2) is 5.24. The fourth-order valence-corrected chi connectivity index (χ4v) is 2.45. The molecule has 0 aliphatic carbocycles. The Balaban J connectivity index is 2.24. The number of hydrogen-bond donors (Lipinski definition) is 2. The van der Waals surface area contributed by atoms with Crippen molar-refractivity contribution in [3.8, 4) is 5.75 Å². The molecule has 1 aromatic rings. The van der Waals surface area contributed by atoms with E-state index in [4.69, 9.17) is 4.74 Å². The highest BCUT2D eigenvalue weighted by Gasteiger charge is 2.35. The zero-order valence-corrected chi connectivity index (χ0v) is 10.9. The number of benzene rings is 1. The lowest BCUT2D eigenvalue weighted by Crippen LogP contribution is -2.42. The fraction of sp³-hybridized carbons (Fsp3) is 0.571. The zero-order valence-electron chi connectivity index (χ0n) is 10.9. The summed E-state index contributed by atoms with van der Waals surface area (Å²) in [6.45, 7) is 4.87. The molecular weight excluding hydrogens is 233 g/mol. The van der Waals surface area contributed by atoms with Crippen LogP contribution in [-0.4, -0.2) is 24.3 Å². The molecule has 1 aromatic carbocycles. The van der Waals surface area contributed by atoms with E-state index < -0.39 is 11.4 Å². The smallest absolute Gasteiger partial charge is 0.165 e. The van der Waals surface area contributed by atoms with Gasteiger partial charge in [-0.15, -0.1) is 0 Å². The summed E-state index contributed by atoms with van der Waals surface area (Å²) in [5, 5.41) is 13.8. The summed E-state index contributed by atoms with van der Waals surface area (Å²) in [6.07, 6.45) is 1.95. The standard InChI is InChI=1S/C14H20FNO2/c1-3-18-12-7-6-10(9-11(12)15)14(2,17)13-5-4-8-16-13/h6-7,9,13,16-17H,3-5,8H2,1-2H3. The molecule has 1 heterocycles. The second-order valence-corrected chi connectivity index (χ2v) is 4.87. The van der Waals surface area contributed by atoms with Crippen molar-refractivity contribution in [2.45, 2.75) is 38.3 Å². The average Bonchev–Trinajstić information content (AvgIpc) is 2.86. The number of ether oxygens (including phenoxy) is 1. The number of aliphatic hydroxyl groups is 1. The van der Waals surface area contributed by atoms with Gasteiger partial charge in [-0.05, 0) is 50.9 Å². The minimum absolute atomic E-state index is 0.0187. The highest BCUT2D eigenvalue weighted by molar-refractivity contribution is 5.33. The quantitative estimate of drug-likeness (QED) is 0.864. The van der Waals surface area contributed by atoms with Crippen molar-refractivity contribution < 1.29 is 14.2 Å². The molecule has 0 bridgehead atoms. The first-order valence-electron chi connectivity index (χ1n) is 6.44. The molecule has 0 amide bonds. The van der Waals surface area contributed by atoms with Gasteiger partial charge in [0.25, 0.3) is 0 Å². The Labute approximate surface area is 107 Å². The number of halogens is 1. The number of hydrogen-bond acceptors (Lipinski definition) is 3. The van der Waals surface area contributed by atoms with Gasteiger partial charge in [0, 0.05) is 6.04 Å². The van der Waals surface area contributed by atoms with E-state index in [-0.39, 0.29) is 11.8 Å². The predicted molar refractivity (Wildman–Crippen MR) is 68.2 cm³/mol. The van der Waals surface area contributed by atoms with E-state index in [1.54, 1.807) is 19.1 Å². The van der Waals surface area contributed by atoms with Crippen molar-refractivity contribution in [1.82, 2.24) is 5.32 Å². The van der Waals surface area contributed by atoms with Crippen LogP contribution in [0.2, 0.25) is 0 Å². The second-order valence-electron chi connectivity index (χ2n) is 4.87. The molecule has 18 heavy (non-hydrogen) atoms. The number of nitrogens with one attached hydrogen (secondary N) is 1. The molecule has 1 saturated heterocycles. The molecule has 2 N–H and O–H groups in total. The first kappa shape index (κ1) is 13.3. The Morgan fingerprint density at radius 1 is 1.56 bits per heavy atom. The molecule has 1 fully saturated rings. The van der Waals surface area contributed by atoms with Crippen molar-refractivity contribution in [2.75, 3.05) is 13.2 Å². The lowest BCUT2D eigenvalue weighted by Gasteiger charge is -2.31. The van der Waals surface area contributed by atoms with Crippen LogP contribution in [0.3, 0.4) is 0 Å². The Morgan fingerprint density at radius 2 is 2.33 bits per heavy atom. The van der Waals surface area contributed by atoms with E-state index in [0.29, 0.717) is 12.2 Å². The zero-order chi connectivity index (χ0) is 13.2. The Morgan fingerprint density at radius 3 is 2.89 bits per heavy atom. The normalized spacial score (nSPS) is 22.8. The van der Waals surface area contributed by atoms with Crippen LogP contribution in [0.4, 0.5) is 4.39 Å². The van der Waals surface area contributed by atoms with Crippen LogP contribution >= 0.6 is 0 Å². The van der Waals surface area contributed by atoms with Gasteiger partial charge in [-0.2, -0.15) is 0 Å². The van der Waals surface area contributed by atoms with Gasteiger partial charge in [0.1, 0.15) is 5.60 Å². The van der Waals surface area contributed by atoms with Gasteiger partial charge in [0.2, 0.25) is 0 Å². The molecule has 2 unspecified atom stereocenters. The maximum absolute atomic E-state index is 13.8. The monoisotopic (exact) mass is 253 g/mol. The SMILES string of the molecule is CCOc1ccc(C(C)(O)C2CCCN2)cc1F. The van der Waals surface area contributed by atoms with Gasteiger partial charge in [-0.3, -0.25) is 0 Å². The van der Waals surface area contributed by atoms with E-state index in [1.807, 2.05) is 6.92 Å². The van der Waals surface area contributed by atoms with Gasteiger partial charge < -0.3 is 15.2 Å². The maximum atomic E-state index is 13.8. The molecule has 2 rings (SSSR count). The third-order valence-electron chi connectivity index (χ3n) is 3.56. The van der Waals surface area contributed by atoms with Crippen molar-refractivity contribution in [1.29, 1.82) is 0 Å². The topological polar surface area (TPSA) is 41.5 Å². The van der Waals surface area contributed by atoms with Gasteiger partial charge >= 0.3 is 0 Å². The molecule has 1 aliphatic heterocycles. The van der Waals surface area contributed by atoms with Crippen molar-refractivity contribution in [3.05, 3.63) is 29.6 Å². The first-order chi connectivity index (χ1) is 8.55. The minimum atomic E-state index is -1.05. The summed E-state index contributed by atoms with van der Waals surface area (Å²) in [7, 11) is 0. The van der Waals surface area contributed by atoms with E-state index in [2.05, 4.69) is 5.32 Å². The molecule has 0 aromatic heterocycles. The molecule has 4 heteroatoms. The first-order valence-corrected chi connectivity index (χ1v) is 6.44. The Kier molecular flexibility index (Phi) is 3.88. The van der Waals surface area contributed by atoms with E-state index >= 15 is 0 Å². The van der Waals surface area contributed by atoms with Crippen molar-refractivity contribution >= 4 is 0 Å². The molecule has 0 radical (unpaired) electrons. The van der Waals surface area contributed by atoms with Crippen LogP contribution in [0.1, 0.15) is 32.3 Å². The summed E-state index contributed by atoms with van der Waals surface area (Å²) in [6, 6.07) is 4.66. The molecule has 2 atom stereocenters. The van der Waals surface area contributed by atoms with Gasteiger partial charge in [0.15, 0.2) is 11.6 Å². The number of rotatable bonds is 4. The summed E-state index contributed by atoms with van der Waals surface area (Å²) in [4.78, 5) is 0. The largest absolute Gasteiger partial charge is 0.491 e. The van der Waals surface area contributed by atoms with Crippen molar-refractivity contribution in [3.63, 3.8) is 0 Å². The molecule has 3 nitrogen and oxygen atoms in total. The third-order valence-corrected chi connectivity index (χ3v) is 3.56. The molecule has 1 aliphatic rings. The third kappa shape index (κ3) is 2.49. The fourth-order valence-electron chi connectivity index (χ4n) is 2.45. The van der Waals surface area contributed by atoms with Gasteiger partial charge in [-0.1, -0.05) is 6.07 Å². The van der Waals surface area contributed by atoms with Gasteiger partial charge in [0.05, 0.1) is 6.61 Å². The Hall–Kier alpha value is -1.13. The minimum Gasteiger partial charge on any atom is -0.491 e. The summed E-state index contributed by atoms with van der Waals surface area (Å²) in [5.74, 6) is -0.191. The summed E-state index contributed by atoms with van der Waals surface area (Å²) in [5.41, 5.74) is -0.468. The van der Waals surface area contributed by atoms with Crippen LogP contribution in [0.5, 0.6) is 5.75 Å². The van der Waals surface area contributed by atoms with Crippen LogP contribution in [0.15, 0.2) is 18.2 Å². The van der Waals surface area contributed by atoms with Crippen LogP contribution < -0.4 is 10.1 Å². The van der Waals surface area contributed by atoms with Crippen LogP contribution in [0.25, 0.3) is 0 Å². The molecule has 0 saturated carbocycles. The lowest BCUT2D eigenvalue weighted by molar-refractivity contribution is 0.0215. The highest BCUT2D eigenvalue weighted by atomic mass is 19.1. The van der Waals surface area contributed by atoms with E-state index in [9.17, 15) is 9.50 Å². The predicted octanol–water partition coefficient (Wildman–Crippen LogP) is 2.18. The van der Waals surface area contributed by atoms with Crippen molar-refractivity contribution in [2.24, 2.45) is 0 Å². The maximum Gasteiger partial charge on any atom is 0.165 e. The average molecular weight is 253 g/mol.